The Kier molecular flexibility index (Phi) is 3.66. The lowest BCUT2D eigenvalue weighted by molar-refractivity contribution is 0.495. The molecule has 0 radical (unpaired) electrons. The first-order valence-corrected chi connectivity index (χ1v) is 7.51. The van der Waals surface area contributed by atoms with Crippen LogP contribution in [0, 0.1) is 0 Å². The van der Waals surface area contributed by atoms with Crippen molar-refractivity contribution in [2.75, 3.05) is 5.32 Å². The van der Waals surface area contributed by atoms with Gasteiger partial charge in [0.25, 0.3) is 0 Å². The number of aromatic nitrogens is 2. The fraction of sp³-hybridized carbons (Fsp3) is 0.0909. The van der Waals surface area contributed by atoms with Gasteiger partial charge in [-0.2, -0.15) is 8.75 Å². The first kappa shape index (κ1) is 13.2. The topological polar surface area (TPSA) is 51.0 Å². The van der Waals surface area contributed by atoms with E-state index < -0.39 is 0 Å². The summed E-state index contributed by atoms with van der Waals surface area (Å²) in [5.41, 5.74) is 2.04. The zero-order chi connectivity index (χ0) is 13.4. The largest absolute Gasteiger partial charge is 0.452 e. The maximum absolute atomic E-state index is 6.19. The molecule has 0 aliphatic rings. The Hall–Kier alpha value is -0.820. The van der Waals surface area contributed by atoms with Crippen molar-refractivity contribution in [3.05, 3.63) is 38.7 Å². The monoisotopic (exact) mass is 377 g/mol. The van der Waals surface area contributed by atoms with Crippen LogP contribution in [-0.2, 0) is 6.54 Å². The summed E-state index contributed by atoms with van der Waals surface area (Å²) in [5, 5.41) is 4.21. The summed E-state index contributed by atoms with van der Waals surface area (Å²) in [6, 6.07) is 5.37. The van der Waals surface area contributed by atoms with Gasteiger partial charge in [-0.3, -0.25) is 0 Å². The molecule has 4 nitrogen and oxygen atoms in total. The van der Waals surface area contributed by atoms with Crippen LogP contribution in [0.3, 0.4) is 0 Å². The van der Waals surface area contributed by atoms with Crippen LogP contribution in [-0.4, -0.2) is 8.75 Å². The standard InChI is InChI=1S/C11H6BrCl2N3OS/c12-8-2-1-5(18-8)4-15-9-6(13)3-7(14)10-11(9)17-19-16-10/h1-3,15H,4H2. The van der Waals surface area contributed by atoms with Gasteiger partial charge in [0.15, 0.2) is 4.67 Å². The molecule has 8 heteroatoms. The summed E-state index contributed by atoms with van der Waals surface area (Å²) < 4.78 is 14.5. The lowest BCUT2D eigenvalue weighted by Crippen LogP contribution is -1.99. The highest BCUT2D eigenvalue weighted by atomic mass is 79.9. The van der Waals surface area contributed by atoms with Gasteiger partial charge in [-0.05, 0) is 34.1 Å². The van der Waals surface area contributed by atoms with Crippen molar-refractivity contribution >= 4 is 67.6 Å². The van der Waals surface area contributed by atoms with E-state index in [1.807, 2.05) is 12.1 Å². The average Bonchev–Trinajstić information content (AvgIpc) is 2.98. The zero-order valence-electron chi connectivity index (χ0n) is 9.28. The molecular formula is C11H6BrCl2N3OS. The number of halogens is 3. The Bertz CT molecular complexity index is 743. The summed E-state index contributed by atoms with van der Waals surface area (Å²) in [7, 11) is 0. The molecule has 0 saturated carbocycles. The van der Waals surface area contributed by atoms with Gasteiger partial charge in [0.2, 0.25) is 0 Å². The van der Waals surface area contributed by atoms with Crippen LogP contribution in [0.4, 0.5) is 5.69 Å². The smallest absolute Gasteiger partial charge is 0.169 e. The maximum Gasteiger partial charge on any atom is 0.169 e. The van der Waals surface area contributed by atoms with E-state index in [2.05, 4.69) is 30.0 Å². The molecule has 98 valence electrons. The molecule has 3 aromatic rings. The van der Waals surface area contributed by atoms with E-state index in [0.29, 0.717) is 38.0 Å². The van der Waals surface area contributed by atoms with Crippen molar-refractivity contribution < 1.29 is 4.42 Å². The predicted octanol–water partition coefficient (Wildman–Crippen LogP) is 4.97. The summed E-state index contributed by atoms with van der Waals surface area (Å²) in [6.45, 7) is 0.500. The normalized spacial score (nSPS) is 11.1. The molecule has 1 N–H and O–H groups in total. The molecule has 0 fully saturated rings. The number of hydrogen-bond donors (Lipinski definition) is 1. The lowest BCUT2D eigenvalue weighted by Gasteiger charge is -2.08. The van der Waals surface area contributed by atoms with E-state index in [9.17, 15) is 0 Å². The van der Waals surface area contributed by atoms with Crippen LogP contribution in [0.5, 0.6) is 0 Å². The van der Waals surface area contributed by atoms with E-state index in [-0.39, 0.29) is 0 Å². The van der Waals surface area contributed by atoms with E-state index in [0.717, 1.165) is 17.5 Å². The number of anilines is 1. The number of nitrogens with zero attached hydrogens (tertiary/aromatic N) is 2. The van der Waals surface area contributed by atoms with Gasteiger partial charge in [-0.25, -0.2) is 0 Å². The van der Waals surface area contributed by atoms with Gasteiger partial charge in [0.1, 0.15) is 16.8 Å². The van der Waals surface area contributed by atoms with Crippen LogP contribution >= 0.6 is 50.9 Å². The number of rotatable bonds is 3. The molecular weight excluding hydrogens is 373 g/mol. The minimum atomic E-state index is 0.500. The number of nitrogens with one attached hydrogen (secondary N) is 1. The van der Waals surface area contributed by atoms with Crippen molar-refractivity contribution in [3.8, 4) is 0 Å². The Morgan fingerprint density at radius 3 is 2.74 bits per heavy atom. The van der Waals surface area contributed by atoms with Crippen LogP contribution in [0.25, 0.3) is 11.0 Å². The minimum absolute atomic E-state index is 0.500. The van der Waals surface area contributed by atoms with E-state index >= 15 is 0 Å². The first-order chi connectivity index (χ1) is 9.15. The molecule has 0 spiro atoms. The Morgan fingerprint density at radius 1 is 1.21 bits per heavy atom. The first-order valence-electron chi connectivity index (χ1n) is 5.23. The van der Waals surface area contributed by atoms with Crippen molar-refractivity contribution in [2.45, 2.75) is 6.54 Å². The van der Waals surface area contributed by atoms with Crippen LogP contribution in [0.15, 0.2) is 27.3 Å². The predicted molar refractivity (Wildman–Crippen MR) is 81.2 cm³/mol. The third-order valence-electron chi connectivity index (χ3n) is 2.51. The number of hydrogen-bond acceptors (Lipinski definition) is 5. The Labute approximate surface area is 131 Å². The molecule has 0 amide bonds. The summed E-state index contributed by atoms with van der Waals surface area (Å²) >= 11 is 16.6. The molecule has 0 atom stereocenters. The third-order valence-corrected chi connectivity index (χ3v) is 4.05. The Balaban J connectivity index is 1.94. The molecule has 0 aliphatic heterocycles. The van der Waals surface area contributed by atoms with Crippen LogP contribution in [0.1, 0.15) is 5.76 Å². The van der Waals surface area contributed by atoms with Crippen molar-refractivity contribution in [2.24, 2.45) is 0 Å². The maximum atomic E-state index is 6.19. The second-order valence-electron chi connectivity index (χ2n) is 3.74. The number of fused-ring (bicyclic) bond motifs is 1. The van der Waals surface area contributed by atoms with Gasteiger partial charge in [0.05, 0.1) is 34.0 Å². The van der Waals surface area contributed by atoms with Gasteiger partial charge < -0.3 is 9.73 Å². The van der Waals surface area contributed by atoms with Crippen molar-refractivity contribution in [3.63, 3.8) is 0 Å². The van der Waals surface area contributed by atoms with E-state index in [4.69, 9.17) is 27.6 Å². The molecule has 2 aromatic heterocycles. The molecule has 0 aliphatic carbocycles. The molecule has 0 unspecified atom stereocenters. The van der Waals surface area contributed by atoms with E-state index in [1.165, 1.54) is 0 Å². The van der Waals surface area contributed by atoms with Crippen LogP contribution < -0.4 is 5.32 Å². The van der Waals surface area contributed by atoms with Crippen molar-refractivity contribution in [1.29, 1.82) is 0 Å². The minimum Gasteiger partial charge on any atom is -0.452 e. The molecule has 3 rings (SSSR count). The molecule has 0 bridgehead atoms. The molecule has 1 aromatic carbocycles. The van der Waals surface area contributed by atoms with Gasteiger partial charge >= 0.3 is 0 Å². The lowest BCUT2D eigenvalue weighted by atomic mass is 10.2. The second-order valence-corrected chi connectivity index (χ2v) is 5.86. The summed E-state index contributed by atoms with van der Waals surface area (Å²) in [5.74, 6) is 0.786. The summed E-state index contributed by atoms with van der Waals surface area (Å²) in [6.07, 6.45) is 0. The molecule has 0 saturated heterocycles. The Morgan fingerprint density at radius 2 is 2.00 bits per heavy atom. The van der Waals surface area contributed by atoms with Crippen LogP contribution in [0.2, 0.25) is 10.0 Å². The highest BCUT2D eigenvalue weighted by molar-refractivity contribution is 9.10. The zero-order valence-corrected chi connectivity index (χ0v) is 13.2. The van der Waals surface area contributed by atoms with Gasteiger partial charge in [-0.1, -0.05) is 23.2 Å². The van der Waals surface area contributed by atoms with Gasteiger partial charge in [0, 0.05) is 0 Å². The average molecular weight is 379 g/mol. The van der Waals surface area contributed by atoms with Crippen molar-refractivity contribution in [1.82, 2.24) is 8.75 Å². The van der Waals surface area contributed by atoms with E-state index in [1.54, 1.807) is 6.07 Å². The molecule has 2 heterocycles. The highest BCUT2D eigenvalue weighted by Gasteiger charge is 2.14. The summed E-state index contributed by atoms with van der Waals surface area (Å²) in [4.78, 5) is 0. The number of benzene rings is 1. The number of furan rings is 1. The molecule has 19 heavy (non-hydrogen) atoms. The van der Waals surface area contributed by atoms with Gasteiger partial charge in [-0.15, -0.1) is 0 Å². The SMILES string of the molecule is Clc1cc(Cl)c2nsnc2c1NCc1ccc(Br)o1. The highest BCUT2D eigenvalue weighted by Crippen LogP contribution is 2.35. The quantitative estimate of drug-likeness (QED) is 0.699. The fourth-order valence-electron chi connectivity index (χ4n) is 1.66. The third kappa shape index (κ3) is 2.58. The second kappa shape index (κ2) is 5.28. The fourth-order valence-corrected chi connectivity index (χ4v) is 3.18.